The van der Waals surface area contributed by atoms with Crippen molar-refractivity contribution in [3.63, 3.8) is 0 Å². The molecular formula is C28H34F3N3O2S. The fourth-order valence-corrected chi connectivity index (χ4v) is 6.62. The number of nitrogens with zero attached hydrogens (tertiary/aromatic N) is 2. The lowest BCUT2D eigenvalue weighted by Crippen LogP contribution is -2.65. The second-order valence-electron chi connectivity index (χ2n) is 10.3. The highest BCUT2D eigenvalue weighted by Crippen LogP contribution is 2.48. The molecule has 9 heteroatoms. The van der Waals surface area contributed by atoms with Gasteiger partial charge in [-0.3, -0.25) is 14.6 Å². The van der Waals surface area contributed by atoms with Gasteiger partial charge in [0.1, 0.15) is 5.75 Å². The number of methoxy groups -OCH3 is 1. The first-order valence-electron chi connectivity index (χ1n) is 12.9. The van der Waals surface area contributed by atoms with E-state index in [0.717, 1.165) is 80.9 Å². The zero-order valence-corrected chi connectivity index (χ0v) is 22.1. The van der Waals surface area contributed by atoms with Crippen molar-refractivity contribution < 1.29 is 22.7 Å². The first-order chi connectivity index (χ1) is 17.8. The van der Waals surface area contributed by atoms with Crippen LogP contribution in [-0.4, -0.2) is 66.8 Å². The highest BCUT2D eigenvalue weighted by atomic mass is 32.2. The summed E-state index contributed by atoms with van der Waals surface area (Å²) < 4.78 is 45.8. The van der Waals surface area contributed by atoms with E-state index in [2.05, 4.69) is 15.1 Å². The summed E-state index contributed by atoms with van der Waals surface area (Å²) in [4.78, 5) is 19.2. The summed E-state index contributed by atoms with van der Waals surface area (Å²) in [5, 5.41) is 3.27. The minimum atomic E-state index is -4.53. The maximum absolute atomic E-state index is 13.9. The number of hydrogen-bond donors (Lipinski definition) is 1. The lowest BCUT2D eigenvalue weighted by atomic mass is 9.67. The minimum absolute atomic E-state index is 0.0656. The topological polar surface area (TPSA) is 44.8 Å². The van der Waals surface area contributed by atoms with Crippen molar-refractivity contribution in [2.45, 2.75) is 60.8 Å². The molecule has 1 saturated heterocycles. The Hall–Kier alpha value is -2.23. The van der Waals surface area contributed by atoms with Crippen LogP contribution in [0.3, 0.4) is 0 Å². The van der Waals surface area contributed by atoms with Crippen molar-refractivity contribution >= 4 is 17.7 Å². The van der Waals surface area contributed by atoms with Crippen molar-refractivity contribution in [1.82, 2.24) is 15.1 Å². The van der Waals surface area contributed by atoms with Crippen LogP contribution in [0.5, 0.6) is 5.75 Å². The molecule has 37 heavy (non-hydrogen) atoms. The third-order valence-corrected chi connectivity index (χ3v) is 8.99. The molecule has 1 atom stereocenters. The minimum Gasteiger partial charge on any atom is -0.496 e. The maximum Gasteiger partial charge on any atom is 0.416 e. The van der Waals surface area contributed by atoms with Crippen molar-refractivity contribution in [1.29, 1.82) is 0 Å². The van der Waals surface area contributed by atoms with Crippen LogP contribution in [0.25, 0.3) is 0 Å². The van der Waals surface area contributed by atoms with Crippen LogP contribution in [0.2, 0.25) is 0 Å². The van der Waals surface area contributed by atoms with Crippen molar-refractivity contribution in [2.75, 3.05) is 39.5 Å². The number of rotatable bonds is 8. The number of hydrogen-bond acceptors (Lipinski definition) is 5. The average Bonchev–Trinajstić information content (AvgIpc) is 3.72. The highest BCUT2D eigenvalue weighted by molar-refractivity contribution is 7.98. The molecule has 2 aromatic carbocycles. The molecule has 0 aromatic heterocycles. The second-order valence-corrected chi connectivity index (χ2v) is 11.1. The van der Waals surface area contributed by atoms with Gasteiger partial charge in [-0.25, -0.2) is 0 Å². The fraction of sp³-hybridized carbons (Fsp3) is 0.536. The van der Waals surface area contributed by atoms with Crippen molar-refractivity contribution in [2.24, 2.45) is 0 Å². The molecular weight excluding hydrogens is 499 g/mol. The van der Waals surface area contributed by atoms with Crippen LogP contribution >= 0.6 is 11.8 Å². The molecule has 200 valence electrons. The van der Waals surface area contributed by atoms with E-state index in [9.17, 15) is 18.0 Å². The van der Waals surface area contributed by atoms with Crippen LogP contribution in [0.15, 0.2) is 47.4 Å². The molecule has 2 saturated carbocycles. The predicted octanol–water partition coefficient (Wildman–Crippen LogP) is 5.61. The lowest BCUT2D eigenvalue weighted by Gasteiger charge is -2.57. The van der Waals surface area contributed by atoms with Gasteiger partial charge < -0.3 is 10.1 Å². The molecule has 0 bridgehead atoms. The number of piperazine rings is 1. The SMILES string of the molecule is COc1cc(C(F)(F)F)cc(SC)c1C(=O)NC(c1ccccc1)C1(N2CCN(C3CC3)CC2)CCC1. The number of carbonyl (C=O) groups is 1. The number of ether oxygens (including phenoxy) is 1. The van der Waals surface area contributed by atoms with Gasteiger partial charge in [-0.1, -0.05) is 30.3 Å². The maximum atomic E-state index is 13.9. The number of halogens is 3. The van der Waals surface area contributed by atoms with E-state index in [4.69, 9.17) is 4.74 Å². The Morgan fingerprint density at radius 2 is 1.78 bits per heavy atom. The quantitative estimate of drug-likeness (QED) is 0.447. The molecule has 1 aliphatic heterocycles. The van der Waals surface area contributed by atoms with E-state index in [-0.39, 0.29) is 27.8 Å². The molecule has 5 nitrogen and oxygen atoms in total. The zero-order valence-electron chi connectivity index (χ0n) is 21.3. The third kappa shape index (κ3) is 5.22. The van der Waals surface area contributed by atoms with Gasteiger partial charge in [-0.2, -0.15) is 13.2 Å². The Morgan fingerprint density at radius 3 is 2.30 bits per heavy atom. The van der Waals surface area contributed by atoms with Gasteiger partial charge in [-0.15, -0.1) is 11.8 Å². The van der Waals surface area contributed by atoms with E-state index >= 15 is 0 Å². The summed E-state index contributed by atoms with van der Waals surface area (Å²) in [7, 11) is 1.30. The summed E-state index contributed by atoms with van der Waals surface area (Å²) in [6.45, 7) is 3.97. The molecule has 3 aliphatic rings. The number of alkyl halides is 3. The Balaban J connectivity index is 1.47. The molecule has 2 aromatic rings. The van der Waals surface area contributed by atoms with Gasteiger partial charge in [0.15, 0.2) is 0 Å². The standard InChI is InChI=1S/C28H34F3N3O2S/c1-36-22-17-20(28(29,30)31)18-23(37-2)24(22)26(35)32-25(19-7-4-3-5-8-19)27(11-6-12-27)34-15-13-33(14-16-34)21-9-10-21/h3-5,7-8,17-18,21,25H,6,9-16H2,1-2H3,(H,32,35). The van der Waals surface area contributed by atoms with Crippen LogP contribution in [0.1, 0.15) is 59.6 Å². The second kappa shape index (κ2) is 10.5. The molecule has 2 aliphatic carbocycles. The Kier molecular flexibility index (Phi) is 7.49. The Labute approximate surface area is 220 Å². The first kappa shape index (κ1) is 26.4. The molecule has 0 radical (unpaired) electrons. The predicted molar refractivity (Wildman–Crippen MR) is 139 cm³/mol. The van der Waals surface area contributed by atoms with E-state index in [1.807, 2.05) is 30.3 Å². The third-order valence-electron chi connectivity index (χ3n) is 8.23. The summed E-state index contributed by atoms with van der Waals surface area (Å²) in [5.74, 6) is -0.476. The van der Waals surface area contributed by atoms with Gasteiger partial charge in [0, 0.05) is 42.7 Å². The van der Waals surface area contributed by atoms with Crippen LogP contribution in [-0.2, 0) is 6.18 Å². The number of nitrogens with one attached hydrogen (secondary N) is 1. The molecule has 3 fully saturated rings. The Morgan fingerprint density at radius 1 is 1.11 bits per heavy atom. The van der Waals surface area contributed by atoms with Crippen LogP contribution in [0, 0.1) is 0 Å². The monoisotopic (exact) mass is 533 g/mol. The molecule has 1 unspecified atom stereocenters. The first-order valence-corrected chi connectivity index (χ1v) is 14.2. The van der Waals surface area contributed by atoms with Gasteiger partial charge in [0.25, 0.3) is 5.91 Å². The number of amides is 1. The summed E-state index contributed by atoms with van der Waals surface area (Å²) >= 11 is 1.11. The highest BCUT2D eigenvalue weighted by Gasteiger charge is 2.51. The average molecular weight is 534 g/mol. The summed E-state index contributed by atoms with van der Waals surface area (Å²) in [6, 6.07) is 12.4. The largest absolute Gasteiger partial charge is 0.496 e. The summed E-state index contributed by atoms with van der Waals surface area (Å²) in [6.07, 6.45) is 2.75. The number of benzene rings is 2. The van der Waals surface area contributed by atoms with Crippen molar-refractivity contribution in [3.05, 3.63) is 59.2 Å². The molecule has 1 N–H and O–H groups in total. The van der Waals surface area contributed by atoms with Gasteiger partial charge in [0.2, 0.25) is 0 Å². The summed E-state index contributed by atoms with van der Waals surface area (Å²) in [5.41, 5.74) is 0.119. The van der Waals surface area contributed by atoms with E-state index in [1.165, 1.54) is 20.0 Å². The van der Waals surface area contributed by atoms with Crippen molar-refractivity contribution in [3.8, 4) is 5.75 Å². The lowest BCUT2D eigenvalue weighted by molar-refractivity contribution is -0.137. The number of thioether (sulfide) groups is 1. The van der Waals surface area contributed by atoms with E-state index in [0.29, 0.717) is 0 Å². The van der Waals surface area contributed by atoms with E-state index in [1.54, 1.807) is 6.26 Å². The normalized spacial score (nSPS) is 21.2. The van der Waals surface area contributed by atoms with Gasteiger partial charge >= 0.3 is 6.18 Å². The fourth-order valence-electron chi connectivity index (χ4n) is 5.97. The zero-order chi connectivity index (χ0) is 26.2. The molecule has 1 heterocycles. The molecule has 1 amide bonds. The smallest absolute Gasteiger partial charge is 0.416 e. The van der Waals surface area contributed by atoms with Gasteiger partial charge in [0.05, 0.1) is 24.3 Å². The van der Waals surface area contributed by atoms with Crippen LogP contribution < -0.4 is 10.1 Å². The van der Waals surface area contributed by atoms with E-state index < -0.39 is 17.6 Å². The Bertz CT molecular complexity index is 1090. The molecule has 0 spiro atoms. The van der Waals surface area contributed by atoms with Crippen LogP contribution in [0.4, 0.5) is 13.2 Å². The van der Waals surface area contributed by atoms with Gasteiger partial charge in [-0.05, 0) is 56.1 Å². The number of carbonyl (C=O) groups excluding carboxylic acids is 1. The molecule has 5 rings (SSSR count).